The molecule has 1 heterocycles. The minimum absolute atomic E-state index is 0.118. The van der Waals surface area contributed by atoms with Gasteiger partial charge in [-0.05, 0) is 27.2 Å². The summed E-state index contributed by atoms with van der Waals surface area (Å²) in [5.74, 6) is 0. The Hall–Kier alpha value is -1.03. The number of hydrogen-bond acceptors (Lipinski definition) is 3. The van der Waals surface area contributed by atoms with Gasteiger partial charge in [0.1, 0.15) is 5.60 Å². The minimum atomic E-state index is -0.462. The summed E-state index contributed by atoms with van der Waals surface area (Å²) >= 11 is 0. The van der Waals surface area contributed by atoms with Gasteiger partial charge in [-0.3, -0.25) is 4.90 Å². The average Bonchev–Trinajstić information content (AvgIpc) is 2.63. The first-order valence-electron chi connectivity index (χ1n) is 5.62. The van der Waals surface area contributed by atoms with Crippen LogP contribution in [0.4, 0.5) is 4.79 Å². The molecule has 1 aliphatic rings. The fourth-order valence-electron chi connectivity index (χ4n) is 1.60. The van der Waals surface area contributed by atoms with E-state index in [2.05, 4.69) is 6.58 Å². The molecule has 16 heavy (non-hydrogen) atoms. The molecule has 0 N–H and O–H groups in total. The van der Waals surface area contributed by atoms with Crippen molar-refractivity contribution in [3.63, 3.8) is 0 Å². The highest BCUT2D eigenvalue weighted by Gasteiger charge is 2.29. The van der Waals surface area contributed by atoms with Crippen molar-refractivity contribution in [3.8, 4) is 0 Å². The van der Waals surface area contributed by atoms with E-state index in [0.717, 1.165) is 6.42 Å². The second kappa shape index (κ2) is 5.34. The lowest BCUT2D eigenvalue weighted by Gasteiger charge is -2.30. The zero-order valence-electron chi connectivity index (χ0n) is 10.4. The number of nitrogens with zero attached hydrogens (tertiary/aromatic N) is 1. The Bertz CT molecular complexity index is 251. The second-order valence-corrected chi connectivity index (χ2v) is 4.94. The third-order valence-electron chi connectivity index (χ3n) is 2.30. The van der Waals surface area contributed by atoms with Crippen LogP contribution in [0.15, 0.2) is 12.7 Å². The molecule has 0 aromatic carbocycles. The van der Waals surface area contributed by atoms with Gasteiger partial charge in [-0.15, -0.1) is 6.58 Å². The third-order valence-corrected chi connectivity index (χ3v) is 2.30. The largest absolute Gasteiger partial charge is 0.444 e. The van der Waals surface area contributed by atoms with Gasteiger partial charge >= 0.3 is 6.09 Å². The molecule has 0 radical (unpaired) electrons. The quantitative estimate of drug-likeness (QED) is 0.694. The number of carbonyl (C=O) groups is 1. The van der Waals surface area contributed by atoms with E-state index in [0.29, 0.717) is 19.8 Å². The summed E-state index contributed by atoms with van der Waals surface area (Å²) in [5, 5.41) is 0. The summed E-state index contributed by atoms with van der Waals surface area (Å²) in [5.41, 5.74) is -0.462. The van der Waals surface area contributed by atoms with Crippen molar-refractivity contribution in [3.05, 3.63) is 12.7 Å². The van der Waals surface area contributed by atoms with Crippen LogP contribution in [0.5, 0.6) is 0 Å². The van der Waals surface area contributed by atoms with Gasteiger partial charge in [0.15, 0.2) is 0 Å². The van der Waals surface area contributed by atoms with Crippen LogP contribution in [0.3, 0.4) is 0 Å². The average molecular weight is 227 g/mol. The number of hydrogen-bond donors (Lipinski definition) is 0. The molecule has 0 bridgehead atoms. The van der Waals surface area contributed by atoms with Crippen molar-refractivity contribution < 1.29 is 14.3 Å². The topological polar surface area (TPSA) is 38.8 Å². The molecule has 1 aliphatic heterocycles. The van der Waals surface area contributed by atoms with Crippen molar-refractivity contribution in [2.24, 2.45) is 0 Å². The molecule has 4 nitrogen and oxygen atoms in total. The minimum Gasteiger partial charge on any atom is -0.444 e. The zero-order chi connectivity index (χ0) is 12.2. The maximum Gasteiger partial charge on any atom is 0.410 e. The molecule has 1 amide bonds. The summed E-state index contributed by atoms with van der Waals surface area (Å²) in [6, 6.07) is 0.118. The van der Waals surface area contributed by atoms with Crippen LogP contribution in [0.2, 0.25) is 0 Å². The molecule has 1 fully saturated rings. The van der Waals surface area contributed by atoms with Crippen LogP contribution in [0.1, 0.15) is 27.2 Å². The third kappa shape index (κ3) is 3.85. The van der Waals surface area contributed by atoms with Crippen LogP contribution >= 0.6 is 0 Å². The molecular weight excluding hydrogens is 206 g/mol. The SMILES string of the molecule is C=CCN(C(=O)OC(C)(C)C)C1CCOC1. The predicted molar refractivity (Wildman–Crippen MR) is 62.4 cm³/mol. The van der Waals surface area contributed by atoms with E-state index in [9.17, 15) is 4.79 Å². The van der Waals surface area contributed by atoms with Gasteiger partial charge in [0.25, 0.3) is 0 Å². The number of carbonyl (C=O) groups excluding carboxylic acids is 1. The van der Waals surface area contributed by atoms with Gasteiger partial charge in [0, 0.05) is 13.2 Å². The van der Waals surface area contributed by atoms with Crippen LogP contribution in [0, 0.1) is 0 Å². The Balaban J connectivity index is 2.61. The molecule has 1 unspecified atom stereocenters. The highest BCUT2D eigenvalue weighted by molar-refractivity contribution is 5.68. The van der Waals surface area contributed by atoms with E-state index in [1.54, 1.807) is 11.0 Å². The van der Waals surface area contributed by atoms with E-state index < -0.39 is 5.60 Å². The standard InChI is InChI=1S/C12H21NO3/c1-5-7-13(10-6-8-15-9-10)11(14)16-12(2,3)4/h5,10H,1,6-9H2,2-4H3. The van der Waals surface area contributed by atoms with Crippen LogP contribution < -0.4 is 0 Å². The van der Waals surface area contributed by atoms with Crippen molar-refractivity contribution in [1.82, 2.24) is 4.90 Å². The number of rotatable bonds is 3. The van der Waals surface area contributed by atoms with Crippen LogP contribution in [-0.2, 0) is 9.47 Å². The molecule has 0 aromatic heterocycles. The van der Waals surface area contributed by atoms with E-state index in [1.165, 1.54) is 0 Å². The van der Waals surface area contributed by atoms with Crippen molar-refractivity contribution in [2.75, 3.05) is 19.8 Å². The van der Waals surface area contributed by atoms with Crippen molar-refractivity contribution in [1.29, 1.82) is 0 Å². The maximum atomic E-state index is 11.9. The molecule has 4 heteroatoms. The molecule has 0 aliphatic carbocycles. The fourth-order valence-corrected chi connectivity index (χ4v) is 1.60. The molecule has 0 aromatic rings. The lowest BCUT2D eigenvalue weighted by molar-refractivity contribution is 0.0175. The second-order valence-electron chi connectivity index (χ2n) is 4.94. The molecular formula is C12H21NO3. The van der Waals surface area contributed by atoms with E-state index in [4.69, 9.17) is 9.47 Å². The van der Waals surface area contributed by atoms with E-state index in [-0.39, 0.29) is 12.1 Å². The Morgan fingerprint density at radius 3 is 2.75 bits per heavy atom. The maximum absolute atomic E-state index is 11.9. The van der Waals surface area contributed by atoms with Gasteiger partial charge in [0.2, 0.25) is 0 Å². The van der Waals surface area contributed by atoms with Crippen molar-refractivity contribution >= 4 is 6.09 Å². The van der Waals surface area contributed by atoms with Crippen molar-refractivity contribution in [2.45, 2.75) is 38.8 Å². The molecule has 0 spiro atoms. The monoisotopic (exact) mass is 227 g/mol. The van der Waals surface area contributed by atoms with E-state index in [1.807, 2.05) is 20.8 Å². The number of amides is 1. The lowest BCUT2D eigenvalue weighted by Crippen LogP contribution is -2.43. The van der Waals surface area contributed by atoms with Crippen LogP contribution in [0.25, 0.3) is 0 Å². The fraction of sp³-hybridized carbons (Fsp3) is 0.750. The van der Waals surface area contributed by atoms with Gasteiger partial charge in [0.05, 0.1) is 12.6 Å². The van der Waals surface area contributed by atoms with Crippen LogP contribution in [-0.4, -0.2) is 42.4 Å². The van der Waals surface area contributed by atoms with Gasteiger partial charge in [-0.1, -0.05) is 6.08 Å². The lowest BCUT2D eigenvalue weighted by atomic mass is 10.2. The Morgan fingerprint density at radius 2 is 2.31 bits per heavy atom. The first-order valence-corrected chi connectivity index (χ1v) is 5.62. The van der Waals surface area contributed by atoms with Gasteiger partial charge in [-0.25, -0.2) is 4.79 Å². The first-order chi connectivity index (χ1) is 7.44. The number of ether oxygens (including phenoxy) is 2. The highest BCUT2D eigenvalue weighted by atomic mass is 16.6. The summed E-state index contributed by atoms with van der Waals surface area (Å²) in [4.78, 5) is 13.6. The summed E-state index contributed by atoms with van der Waals surface area (Å²) in [6.07, 6.45) is 2.29. The van der Waals surface area contributed by atoms with Gasteiger partial charge < -0.3 is 9.47 Å². The summed E-state index contributed by atoms with van der Waals surface area (Å²) in [7, 11) is 0. The summed E-state index contributed by atoms with van der Waals surface area (Å²) in [6.45, 7) is 11.1. The smallest absolute Gasteiger partial charge is 0.410 e. The Kier molecular flexibility index (Phi) is 4.35. The first kappa shape index (κ1) is 13.0. The van der Waals surface area contributed by atoms with Gasteiger partial charge in [-0.2, -0.15) is 0 Å². The summed E-state index contributed by atoms with van der Waals surface area (Å²) < 4.78 is 10.6. The molecule has 1 saturated heterocycles. The molecule has 0 saturated carbocycles. The normalized spacial score (nSPS) is 20.6. The zero-order valence-corrected chi connectivity index (χ0v) is 10.4. The molecule has 1 atom stereocenters. The Labute approximate surface area is 97.2 Å². The van der Waals surface area contributed by atoms with E-state index >= 15 is 0 Å². The molecule has 1 rings (SSSR count). The Morgan fingerprint density at radius 1 is 1.62 bits per heavy atom. The highest BCUT2D eigenvalue weighted by Crippen LogP contribution is 2.16. The molecule has 92 valence electrons. The predicted octanol–water partition coefficient (Wildman–Crippen LogP) is 2.20.